The summed E-state index contributed by atoms with van der Waals surface area (Å²) in [6.45, 7) is 6.11. The molecule has 0 bridgehead atoms. The summed E-state index contributed by atoms with van der Waals surface area (Å²) in [5, 5.41) is 11.2. The van der Waals surface area contributed by atoms with E-state index in [0.29, 0.717) is 24.7 Å². The van der Waals surface area contributed by atoms with Crippen molar-refractivity contribution in [3.8, 4) is 5.75 Å². The fourth-order valence-electron chi connectivity index (χ4n) is 3.00. The summed E-state index contributed by atoms with van der Waals surface area (Å²) in [7, 11) is 0. The van der Waals surface area contributed by atoms with Crippen molar-refractivity contribution >= 4 is 11.6 Å². The molecule has 5 heteroatoms. The molecule has 0 radical (unpaired) electrons. The van der Waals surface area contributed by atoms with Gasteiger partial charge in [-0.2, -0.15) is 0 Å². The van der Waals surface area contributed by atoms with Crippen molar-refractivity contribution in [3.05, 3.63) is 88.3 Å². The predicted molar refractivity (Wildman–Crippen MR) is 112 cm³/mol. The second-order valence-electron chi connectivity index (χ2n) is 7.09. The average Bonchev–Trinajstić information content (AvgIpc) is 3.17. The molecule has 1 atom stereocenters. The topological polar surface area (TPSA) is 45.8 Å². The van der Waals surface area contributed by atoms with Crippen LogP contribution in [-0.2, 0) is 13.1 Å². The molecule has 0 aliphatic rings. The number of aliphatic hydroxyl groups excluding tert-OH is 1. The second kappa shape index (κ2) is 9.78. The quantitative estimate of drug-likeness (QED) is 0.550. The highest BCUT2D eigenvalue weighted by Crippen LogP contribution is 2.18. The Morgan fingerprint density at radius 3 is 2.50 bits per heavy atom. The summed E-state index contributed by atoms with van der Waals surface area (Å²) < 4.78 is 11.3. The maximum atomic E-state index is 10.5. The van der Waals surface area contributed by atoms with Gasteiger partial charge in [-0.25, -0.2) is 0 Å². The van der Waals surface area contributed by atoms with Crippen LogP contribution < -0.4 is 4.74 Å². The summed E-state index contributed by atoms with van der Waals surface area (Å²) in [6.07, 6.45) is 1.04. The Labute approximate surface area is 171 Å². The molecule has 1 aromatic heterocycles. The van der Waals surface area contributed by atoms with E-state index in [4.69, 9.17) is 20.8 Å². The molecule has 0 aliphatic heterocycles. The Morgan fingerprint density at radius 2 is 1.82 bits per heavy atom. The lowest BCUT2D eigenvalue weighted by Crippen LogP contribution is -2.35. The number of ether oxygens (including phenoxy) is 1. The molecule has 1 unspecified atom stereocenters. The summed E-state index contributed by atoms with van der Waals surface area (Å²) in [6, 6.07) is 17.5. The van der Waals surface area contributed by atoms with E-state index in [1.165, 1.54) is 11.1 Å². The van der Waals surface area contributed by atoms with E-state index in [9.17, 15) is 5.11 Å². The number of aliphatic hydroxyl groups is 1. The van der Waals surface area contributed by atoms with Crippen LogP contribution in [0, 0.1) is 13.8 Å². The fourth-order valence-corrected chi connectivity index (χ4v) is 3.13. The lowest BCUT2D eigenvalue weighted by atomic mass is 10.1. The highest BCUT2D eigenvalue weighted by Gasteiger charge is 2.15. The minimum absolute atomic E-state index is 0.234. The van der Waals surface area contributed by atoms with Gasteiger partial charge in [0.25, 0.3) is 0 Å². The largest absolute Gasteiger partial charge is 0.491 e. The summed E-state index contributed by atoms with van der Waals surface area (Å²) in [4.78, 5) is 2.14. The average molecular weight is 400 g/mol. The van der Waals surface area contributed by atoms with Crippen LogP contribution in [0.5, 0.6) is 5.75 Å². The first kappa shape index (κ1) is 20.5. The SMILES string of the molecule is Cc1ccc(OCC(O)CN(Cc2ccc(Cl)cc2)Cc2ccco2)cc1C. The minimum Gasteiger partial charge on any atom is -0.491 e. The van der Waals surface area contributed by atoms with Crippen LogP contribution in [0.1, 0.15) is 22.5 Å². The molecular weight excluding hydrogens is 374 g/mol. The van der Waals surface area contributed by atoms with Crippen molar-refractivity contribution in [1.82, 2.24) is 4.90 Å². The molecule has 4 nitrogen and oxygen atoms in total. The van der Waals surface area contributed by atoms with Gasteiger partial charge in [0.05, 0.1) is 12.8 Å². The van der Waals surface area contributed by atoms with Crippen molar-refractivity contribution < 1.29 is 14.3 Å². The maximum Gasteiger partial charge on any atom is 0.119 e. The first-order chi connectivity index (χ1) is 13.5. The molecule has 3 rings (SSSR count). The third-order valence-corrected chi connectivity index (χ3v) is 4.92. The van der Waals surface area contributed by atoms with E-state index in [1.807, 2.05) is 54.6 Å². The highest BCUT2D eigenvalue weighted by molar-refractivity contribution is 6.30. The van der Waals surface area contributed by atoms with Gasteiger partial charge >= 0.3 is 0 Å². The van der Waals surface area contributed by atoms with Gasteiger partial charge in [-0.15, -0.1) is 0 Å². The van der Waals surface area contributed by atoms with Crippen LogP contribution in [-0.4, -0.2) is 29.3 Å². The Kier molecular flexibility index (Phi) is 7.15. The zero-order valence-corrected chi connectivity index (χ0v) is 17.0. The molecule has 1 heterocycles. The number of halogens is 1. The van der Waals surface area contributed by atoms with Crippen LogP contribution in [0.15, 0.2) is 65.3 Å². The Balaban J connectivity index is 1.60. The lowest BCUT2D eigenvalue weighted by Gasteiger charge is -2.24. The molecule has 28 heavy (non-hydrogen) atoms. The number of nitrogens with zero attached hydrogens (tertiary/aromatic N) is 1. The van der Waals surface area contributed by atoms with Crippen molar-refractivity contribution in [3.63, 3.8) is 0 Å². The molecule has 1 N–H and O–H groups in total. The maximum absolute atomic E-state index is 10.5. The van der Waals surface area contributed by atoms with E-state index in [1.54, 1.807) is 6.26 Å². The molecule has 2 aromatic carbocycles. The Bertz CT molecular complexity index is 862. The number of hydrogen-bond acceptors (Lipinski definition) is 4. The summed E-state index contributed by atoms with van der Waals surface area (Å²) in [5.74, 6) is 1.63. The van der Waals surface area contributed by atoms with Gasteiger partial charge < -0.3 is 14.3 Å². The third kappa shape index (κ3) is 6.13. The van der Waals surface area contributed by atoms with E-state index in [2.05, 4.69) is 18.7 Å². The monoisotopic (exact) mass is 399 g/mol. The van der Waals surface area contributed by atoms with Gasteiger partial charge in [0.15, 0.2) is 0 Å². The molecule has 0 amide bonds. The minimum atomic E-state index is -0.621. The van der Waals surface area contributed by atoms with E-state index < -0.39 is 6.10 Å². The van der Waals surface area contributed by atoms with Crippen LogP contribution >= 0.6 is 11.6 Å². The normalized spacial score (nSPS) is 12.3. The van der Waals surface area contributed by atoms with Crippen molar-refractivity contribution in [2.75, 3.05) is 13.2 Å². The Morgan fingerprint density at radius 1 is 1.04 bits per heavy atom. The number of hydrogen-bond donors (Lipinski definition) is 1. The number of furan rings is 1. The lowest BCUT2D eigenvalue weighted by molar-refractivity contribution is 0.0604. The highest BCUT2D eigenvalue weighted by atomic mass is 35.5. The smallest absolute Gasteiger partial charge is 0.119 e. The molecular formula is C23H26ClNO3. The number of benzene rings is 2. The van der Waals surface area contributed by atoms with Gasteiger partial charge in [0.1, 0.15) is 24.2 Å². The molecule has 0 spiro atoms. The summed E-state index contributed by atoms with van der Waals surface area (Å²) >= 11 is 5.98. The first-order valence-corrected chi connectivity index (χ1v) is 9.74. The second-order valence-corrected chi connectivity index (χ2v) is 7.52. The number of rotatable bonds is 9. The fraction of sp³-hybridized carbons (Fsp3) is 0.304. The standard InChI is InChI=1S/C23H26ClNO3/c1-17-5-10-22(12-18(17)2)28-16-21(26)14-25(15-23-4-3-11-27-23)13-19-6-8-20(24)9-7-19/h3-12,21,26H,13-16H2,1-2H3. The zero-order valence-electron chi connectivity index (χ0n) is 16.3. The molecule has 148 valence electrons. The van der Waals surface area contributed by atoms with Gasteiger partial charge in [-0.1, -0.05) is 29.8 Å². The summed E-state index contributed by atoms with van der Waals surface area (Å²) in [5.41, 5.74) is 3.52. The van der Waals surface area contributed by atoms with Crippen molar-refractivity contribution in [2.24, 2.45) is 0 Å². The first-order valence-electron chi connectivity index (χ1n) is 9.37. The molecule has 0 saturated carbocycles. The van der Waals surface area contributed by atoms with Gasteiger partial charge in [-0.05, 0) is 66.9 Å². The van der Waals surface area contributed by atoms with Crippen LogP contribution in [0.3, 0.4) is 0 Å². The van der Waals surface area contributed by atoms with Gasteiger partial charge in [0, 0.05) is 18.1 Å². The zero-order chi connectivity index (χ0) is 19.9. The van der Waals surface area contributed by atoms with Crippen molar-refractivity contribution in [2.45, 2.75) is 33.0 Å². The third-order valence-electron chi connectivity index (χ3n) is 4.67. The molecule has 0 aliphatic carbocycles. The van der Waals surface area contributed by atoms with Crippen molar-refractivity contribution in [1.29, 1.82) is 0 Å². The van der Waals surface area contributed by atoms with Crippen LogP contribution in [0.25, 0.3) is 0 Å². The predicted octanol–water partition coefficient (Wildman–Crippen LogP) is 4.99. The Hall–Kier alpha value is -2.27. The van der Waals surface area contributed by atoms with Gasteiger partial charge in [-0.3, -0.25) is 4.90 Å². The molecule has 3 aromatic rings. The molecule has 0 saturated heterocycles. The van der Waals surface area contributed by atoms with E-state index in [-0.39, 0.29) is 6.61 Å². The van der Waals surface area contributed by atoms with E-state index in [0.717, 1.165) is 17.1 Å². The van der Waals surface area contributed by atoms with E-state index >= 15 is 0 Å². The van der Waals surface area contributed by atoms with Crippen LogP contribution in [0.2, 0.25) is 5.02 Å². The van der Waals surface area contributed by atoms with Crippen LogP contribution in [0.4, 0.5) is 0 Å². The van der Waals surface area contributed by atoms with Gasteiger partial charge in [0.2, 0.25) is 0 Å². The number of aryl methyl sites for hydroxylation is 2. The molecule has 0 fully saturated rings.